The van der Waals surface area contributed by atoms with Gasteiger partial charge in [-0.05, 0) is 24.6 Å². The first-order chi connectivity index (χ1) is 13.0. The van der Waals surface area contributed by atoms with E-state index in [0.29, 0.717) is 27.6 Å². The number of aromatic nitrogens is 2. The van der Waals surface area contributed by atoms with Crippen LogP contribution in [-0.2, 0) is 16.1 Å². The molecule has 1 aromatic carbocycles. The molecule has 146 valence electrons. The molecule has 0 atom stereocenters. The summed E-state index contributed by atoms with van der Waals surface area (Å²) in [5, 5.41) is 6.44. The zero-order valence-electron chi connectivity index (χ0n) is 15.4. The number of benzene rings is 1. The summed E-state index contributed by atoms with van der Waals surface area (Å²) >= 11 is 7.19. The predicted octanol–water partition coefficient (Wildman–Crippen LogP) is 2.19. The summed E-state index contributed by atoms with van der Waals surface area (Å²) < 4.78 is 1.61. The topological polar surface area (TPSA) is 93.1 Å². The van der Waals surface area contributed by atoms with Crippen LogP contribution in [0, 0.1) is 0 Å². The number of carbonyl (C=O) groups is 2. The van der Waals surface area contributed by atoms with E-state index in [9.17, 15) is 14.4 Å². The number of rotatable bonds is 9. The average Bonchev–Trinajstić information content (AvgIpc) is 2.66. The highest BCUT2D eigenvalue weighted by molar-refractivity contribution is 7.99. The summed E-state index contributed by atoms with van der Waals surface area (Å²) in [7, 11) is 1.50. The Morgan fingerprint density at radius 2 is 2.04 bits per heavy atom. The number of hydrogen-bond acceptors (Lipinski definition) is 5. The Labute approximate surface area is 166 Å². The fraction of sp³-hybridized carbons (Fsp3) is 0.444. The van der Waals surface area contributed by atoms with E-state index in [2.05, 4.69) is 22.5 Å². The van der Waals surface area contributed by atoms with Crippen molar-refractivity contribution < 1.29 is 9.59 Å². The number of nitrogens with one attached hydrogen (secondary N) is 2. The van der Waals surface area contributed by atoms with Gasteiger partial charge in [0.2, 0.25) is 11.8 Å². The number of fused-ring (bicyclic) bond motifs is 1. The number of nitrogens with zero attached hydrogens (tertiary/aromatic N) is 2. The van der Waals surface area contributed by atoms with Crippen molar-refractivity contribution in [3.63, 3.8) is 0 Å². The molecule has 0 fully saturated rings. The third-order valence-corrected chi connectivity index (χ3v) is 5.14. The highest BCUT2D eigenvalue weighted by Crippen LogP contribution is 2.21. The van der Waals surface area contributed by atoms with Crippen molar-refractivity contribution in [3.8, 4) is 0 Å². The van der Waals surface area contributed by atoms with Crippen molar-refractivity contribution in [2.24, 2.45) is 0 Å². The van der Waals surface area contributed by atoms with Crippen LogP contribution in [0.2, 0.25) is 5.02 Å². The molecule has 0 aliphatic carbocycles. The van der Waals surface area contributed by atoms with Crippen molar-refractivity contribution in [2.45, 2.75) is 37.9 Å². The van der Waals surface area contributed by atoms with Gasteiger partial charge in [-0.25, -0.2) is 4.98 Å². The van der Waals surface area contributed by atoms with Crippen molar-refractivity contribution >= 4 is 46.1 Å². The molecule has 9 heteroatoms. The molecule has 0 aliphatic heterocycles. The third-order valence-electron chi connectivity index (χ3n) is 3.92. The fourth-order valence-corrected chi connectivity index (χ4v) is 3.47. The molecular formula is C18H23ClN4O3S. The summed E-state index contributed by atoms with van der Waals surface area (Å²) in [6.45, 7) is 2.55. The molecule has 1 heterocycles. The first-order valence-corrected chi connectivity index (χ1v) is 10.1. The minimum atomic E-state index is -0.302. The minimum Gasteiger partial charge on any atom is -0.358 e. The number of carbonyl (C=O) groups excluding carboxylic acids is 2. The van der Waals surface area contributed by atoms with Gasteiger partial charge in [0.15, 0.2) is 5.16 Å². The van der Waals surface area contributed by atoms with Crippen molar-refractivity contribution in [1.82, 2.24) is 20.2 Å². The maximum atomic E-state index is 12.9. The predicted molar refractivity (Wildman–Crippen MR) is 108 cm³/mol. The lowest BCUT2D eigenvalue weighted by Crippen LogP contribution is -2.36. The van der Waals surface area contributed by atoms with Gasteiger partial charge in [0, 0.05) is 18.6 Å². The van der Waals surface area contributed by atoms with E-state index in [-0.39, 0.29) is 29.7 Å². The standard InChI is InChI=1S/C18H23ClN4O3S/c1-3-4-5-8-23-17(26)13-7-6-12(19)9-14(13)22-18(23)27-11-16(25)21-10-15(24)20-2/h6-7,9H,3-5,8,10-11H2,1-2H3,(H,20,24)(H,21,25). The largest absolute Gasteiger partial charge is 0.358 e. The van der Waals surface area contributed by atoms with Gasteiger partial charge in [-0.3, -0.25) is 19.0 Å². The van der Waals surface area contributed by atoms with E-state index >= 15 is 0 Å². The van der Waals surface area contributed by atoms with E-state index in [1.165, 1.54) is 18.8 Å². The van der Waals surface area contributed by atoms with Crippen LogP contribution in [0.3, 0.4) is 0 Å². The SMILES string of the molecule is CCCCCn1c(SCC(=O)NCC(=O)NC)nc2cc(Cl)ccc2c1=O. The smallest absolute Gasteiger partial charge is 0.262 e. The quantitative estimate of drug-likeness (QED) is 0.375. The Morgan fingerprint density at radius 1 is 1.26 bits per heavy atom. The number of unbranched alkanes of at least 4 members (excludes halogenated alkanes) is 2. The normalized spacial score (nSPS) is 10.8. The zero-order chi connectivity index (χ0) is 19.8. The van der Waals surface area contributed by atoms with E-state index in [0.717, 1.165) is 19.3 Å². The van der Waals surface area contributed by atoms with Gasteiger partial charge in [0.25, 0.3) is 5.56 Å². The number of hydrogen-bond donors (Lipinski definition) is 2. The maximum absolute atomic E-state index is 12.9. The molecule has 1 aromatic heterocycles. The van der Waals surface area contributed by atoms with Gasteiger partial charge in [-0.15, -0.1) is 0 Å². The Morgan fingerprint density at radius 3 is 2.74 bits per heavy atom. The highest BCUT2D eigenvalue weighted by atomic mass is 35.5. The molecule has 2 amide bonds. The van der Waals surface area contributed by atoms with Gasteiger partial charge in [-0.1, -0.05) is 43.1 Å². The molecule has 2 N–H and O–H groups in total. The van der Waals surface area contributed by atoms with Gasteiger partial charge < -0.3 is 10.6 Å². The fourth-order valence-electron chi connectivity index (χ4n) is 2.45. The summed E-state index contributed by atoms with van der Waals surface area (Å²) in [5.41, 5.74) is 0.369. The van der Waals surface area contributed by atoms with Crippen molar-refractivity contribution in [1.29, 1.82) is 0 Å². The van der Waals surface area contributed by atoms with Crippen LogP contribution < -0.4 is 16.2 Å². The zero-order valence-corrected chi connectivity index (χ0v) is 17.0. The van der Waals surface area contributed by atoms with Gasteiger partial charge >= 0.3 is 0 Å². The van der Waals surface area contributed by atoms with E-state index in [1.54, 1.807) is 22.8 Å². The molecule has 0 saturated heterocycles. The maximum Gasteiger partial charge on any atom is 0.262 e. The Kier molecular flexibility index (Phi) is 8.12. The second-order valence-corrected chi connectivity index (χ2v) is 7.34. The number of likely N-dealkylation sites (N-methyl/N-ethyl adjacent to an activating group) is 1. The summed E-state index contributed by atoms with van der Waals surface area (Å²) in [4.78, 5) is 40.6. The molecular weight excluding hydrogens is 388 g/mol. The molecule has 7 nitrogen and oxygen atoms in total. The van der Waals surface area contributed by atoms with Crippen LogP contribution in [0.15, 0.2) is 28.2 Å². The van der Waals surface area contributed by atoms with Crippen LogP contribution in [0.4, 0.5) is 0 Å². The molecule has 0 spiro atoms. The molecule has 27 heavy (non-hydrogen) atoms. The highest BCUT2D eigenvalue weighted by Gasteiger charge is 2.14. The van der Waals surface area contributed by atoms with Crippen LogP contribution in [0.5, 0.6) is 0 Å². The van der Waals surface area contributed by atoms with Crippen LogP contribution in [0.25, 0.3) is 10.9 Å². The molecule has 0 unspecified atom stereocenters. The number of halogens is 1. The van der Waals surface area contributed by atoms with Gasteiger partial charge in [0.05, 0.1) is 23.2 Å². The molecule has 2 aromatic rings. The Bertz CT molecular complexity index is 885. The second kappa shape index (κ2) is 10.3. The van der Waals surface area contributed by atoms with Gasteiger partial charge in [0.1, 0.15) is 0 Å². The molecule has 0 saturated carbocycles. The van der Waals surface area contributed by atoms with Crippen LogP contribution in [0.1, 0.15) is 26.2 Å². The molecule has 0 aliphatic rings. The van der Waals surface area contributed by atoms with E-state index in [1.807, 2.05) is 0 Å². The lowest BCUT2D eigenvalue weighted by Gasteiger charge is -2.13. The lowest BCUT2D eigenvalue weighted by atomic mass is 10.2. The van der Waals surface area contributed by atoms with Gasteiger partial charge in [-0.2, -0.15) is 0 Å². The summed E-state index contributed by atoms with van der Waals surface area (Å²) in [6.07, 6.45) is 2.89. The van der Waals surface area contributed by atoms with E-state index in [4.69, 9.17) is 11.6 Å². The third kappa shape index (κ3) is 5.97. The van der Waals surface area contributed by atoms with Crippen molar-refractivity contribution in [3.05, 3.63) is 33.6 Å². The lowest BCUT2D eigenvalue weighted by molar-refractivity contribution is -0.124. The first-order valence-electron chi connectivity index (χ1n) is 8.76. The minimum absolute atomic E-state index is 0.0588. The molecule has 0 bridgehead atoms. The number of amides is 2. The number of thioether (sulfide) groups is 1. The second-order valence-electron chi connectivity index (χ2n) is 5.96. The Hall–Kier alpha value is -2.06. The summed E-state index contributed by atoms with van der Waals surface area (Å²) in [6, 6.07) is 4.99. The average molecular weight is 411 g/mol. The monoisotopic (exact) mass is 410 g/mol. The summed E-state index contributed by atoms with van der Waals surface area (Å²) in [5.74, 6) is -0.518. The van der Waals surface area contributed by atoms with Crippen LogP contribution >= 0.6 is 23.4 Å². The molecule has 0 radical (unpaired) electrons. The Balaban J connectivity index is 2.23. The van der Waals surface area contributed by atoms with Crippen molar-refractivity contribution in [2.75, 3.05) is 19.3 Å². The van der Waals surface area contributed by atoms with E-state index < -0.39 is 0 Å². The van der Waals surface area contributed by atoms with Crippen LogP contribution in [-0.4, -0.2) is 40.7 Å². The first kappa shape index (κ1) is 21.2. The molecule has 2 rings (SSSR count).